The maximum atomic E-state index is 5.95. The van der Waals surface area contributed by atoms with Crippen molar-refractivity contribution < 1.29 is 0 Å². The summed E-state index contributed by atoms with van der Waals surface area (Å²) in [6, 6.07) is 1.02. The molecule has 0 aromatic heterocycles. The molecule has 1 heterocycles. The Bertz CT molecular complexity index is 149. The first kappa shape index (κ1) is 11.0. The fraction of sp³-hybridized carbons (Fsp3) is 1.00. The molecule has 0 radical (unpaired) electrons. The van der Waals surface area contributed by atoms with Gasteiger partial charge in [-0.2, -0.15) is 0 Å². The average molecular weight is 185 g/mol. The van der Waals surface area contributed by atoms with Crippen LogP contribution in [0.3, 0.4) is 0 Å². The highest BCUT2D eigenvalue weighted by molar-refractivity contribution is 4.79. The summed E-state index contributed by atoms with van der Waals surface area (Å²) in [6.07, 6.45) is 1.08. The van der Waals surface area contributed by atoms with Crippen LogP contribution in [0, 0.1) is 0 Å². The van der Waals surface area contributed by atoms with Crippen LogP contribution in [-0.4, -0.2) is 55.1 Å². The predicted octanol–water partition coefficient (Wildman–Crippen LogP) is 0.360. The first-order valence-corrected chi connectivity index (χ1v) is 5.31. The van der Waals surface area contributed by atoms with Crippen molar-refractivity contribution in [2.24, 2.45) is 5.73 Å². The second-order valence-electron chi connectivity index (χ2n) is 4.27. The van der Waals surface area contributed by atoms with E-state index < -0.39 is 0 Å². The van der Waals surface area contributed by atoms with E-state index in [1.807, 2.05) is 0 Å². The van der Waals surface area contributed by atoms with E-state index in [0.717, 1.165) is 13.0 Å². The van der Waals surface area contributed by atoms with Gasteiger partial charge in [0.2, 0.25) is 0 Å². The summed E-state index contributed by atoms with van der Waals surface area (Å²) < 4.78 is 0. The Kier molecular flexibility index (Phi) is 4.16. The van der Waals surface area contributed by atoms with E-state index in [1.54, 1.807) is 0 Å². The lowest BCUT2D eigenvalue weighted by atomic mass is 10.1. The summed E-state index contributed by atoms with van der Waals surface area (Å²) in [5, 5.41) is 0. The van der Waals surface area contributed by atoms with Gasteiger partial charge in [0.1, 0.15) is 0 Å². The Morgan fingerprint density at radius 2 is 2.15 bits per heavy atom. The molecule has 1 rings (SSSR count). The van der Waals surface area contributed by atoms with Gasteiger partial charge in [-0.15, -0.1) is 0 Å². The summed E-state index contributed by atoms with van der Waals surface area (Å²) >= 11 is 0. The van der Waals surface area contributed by atoms with Crippen molar-refractivity contribution in [3.8, 4) is 0 Å². The van der Waals surface area contributed by atoms with Crippen molar-refractivity contribution in [2.45, 2.75) is 32.4 Å². The molecule has 1 fully saturated rings. The number of nitrogens with two attached hydrogens (primary N) is 1. The molecule has 78 valence electrons. The summed E-state index contributed by atoms with van der Waals surface area (Å²) in [5.74, 6) is 0. The average Bonchev–Trinajstić information content (AvgIpc) is 2.09. The van der Waals surface area contributed by atoms with Crippen LogP contribution in [0.15, 0.2) is 0 Å². The van der Waals surface area contributed by atoms with E-state index in [9.17, 15) is 0 Å². The Morgan fingerprint density at radius 3 is 2.69 bits per heavy atom. The molecule has 13 heavy (non-hydrogen) atoms. The smallest absolute Gasteiger partial charge is 0.0195 e. The Hall–Kier alpha value is -0.120. The maximum Gasteiger partial charge on any atom is 0.0195 e. The molecule has 3 heteroatoms. The third kappa shape index (κ3) is 3.25. The van der Waals surface area contributed by atoms with Gasteiger partial charge in [-0.05, 0) is 20.4 Å². The largest absolute Gasteiger partial charge is 0.327 e. The SMILES string of the molecule is CCC(N)CN1CCN(C)CC1C. The topological polar surface area (TPSA) is 32.5 Å². The quantitative estimate of drug-likeness (QED) is 0.689. The van der Waals surface area contributed by atoms with Gasteiger partial charge in [-0.25, -0.2) is 0 Å². The molecule has 0 aliphatic carbocycles. The van der Waals surface area contributed by atoms with E-state index in [2.05, 4.69) is 30.7 Å². The number of rotatable bonds is 3. The number of hydrogen-bond acceptors (Lipinski definition) is 3. The van der Waals surface area contributed by atoms with Crippen LogP contribution in [0.5, 0.6) is 0 Å². The first-order chi connectivity index (χ1) is 6.13. The van der Waals surface area contributed by atoms with Gasteiger partial charge in [-0.1, -0.05) is 6.92 Å². The van der Waals surface area contributed by atoms with Crippen molar-refractivity contribution in [3.63, 3.8) is 0 Å². The standard InChI is InChI=1S/C10H23N3/c1-4-10(11)8-13-6-5-12(3)7-9(13)2/h9-10H,4-8,11H2,1-3H3. The molecule has 1 aliphatic heterocycles. The molecule has 0 aromatic rings. The lowest BCUT2D eigenvalue weighted by molar-refractivity contribution is 0.0941. The Morgan fingerprint density at radius 1 is 1.46 bits per heavy atom. The van der Waals surface area contributed by atoms with Crippen molar-refractivity contribution in [3.05, 3.63) is 0 Å². The van der Waals surface area contributed by atoms with Crippen LogP contribution in [0.25, 0.3) is 0 Å². The minimum atomic E-state index is 0.353. The third-order valence-electron chi connectivity index (χ3n) is 2.96. The molecule has 0 bridgehead atoms. The second kappa shape index (κ2) is 4.94. The van der Waals surface area contributed by atoms with Crippen LogP contribution in [0.1, 0.15) is 20.3 Å². The second-order valence-corrected chi connectivity index (χ2v) is 4.27. The van der Waals surface area contributed by atoms with Gasteiger partial charge < -0.3 is 10.6 Å². The molecule has 3 nitrogen and oxygen atoms in total. The van der Waals surface area contributed by atoms with Gasteiger partial charge in [-0.3, -0.25) is 4.90 Å². The van der Waals surface area contributed by atoms with Gasteiger partial charge in [0.25, 0.3) is 0 Å². The minimum Gasteiger partial charge on any atom is -0.327 e. The van der Waals surface area contributed by atoms with E-state index in [4.69, 9.17) is 5.73 Å². The number of nitrogens with zero attached hydrogens (tertiary/aromatic N) is 2. The van der Waals surface area contributed by atoms with Gasteiger partial charge in [0.05, 0.1) is 0 Å². The molecule has 0 amide bonds. The Labute approximate surface area is 81.9 Å². The molecule has 0 saturated carbocycles. The van der Waals surface area contributed by atoms with Crippen LogP contribution >= 0.6 is 0 Å². The monoisotopic (exact) mass is 185 g/mol. The van der Waals surface area contributed by atoms with E-state index in [0.29, 0.717) is 12.1 Å². The lowest BCUT2D eigenvalue weighted by Gasteiger charge is -2.39. The molecule has 0 spiro atoms. The number of likely N-dealkylation sites (N-methyl/N-ethyl adjacent to an activating group) is 1. The lowest BCUT2D eigenvalue weighted by Crippen LogP contribution is -2.53. The molecule has 2 atom stereocenters. The van der Waals surface area contributed by atoms with Crippen molar-refractivity contribution in [2.75, 3.05) is 33.2 Å². The number of hydrogen-bond donors (Lipinski definition) is 1. The zero-order chi connectivity index (χ0) is 9.84. The van der Waals surface area contributed by atoms with Crippen molar-refractivity contribution in [1.82, 2.24) is 9.80 Å². The fourth-order valence-corrected chi connectivity index (χ4v) is 1.88. The van der Waals surface area contributed by atoms with E-state index in [-0.39, 0.29) is 0 Å². The van der Waals surface area contributed by atoms with Crippen LogP contribution in [0.2, 0.25) is 0 Å². The summed E-state index contributed by atoms with van der Waals surface area (Å²) in [6.45, 7) is 9.04. The summed E-state index contributed by atoms with van der Waals surface area (Å²) in [5.41, 5.74) is 5.95. The van der Waals surface area contributed by atoms with E-state index >= 15 is 0 Å². The fourth-order valence-electron chi connectivity index (χ4n) is 1.88. The highest BCUT2D eigenvalue weighted by Gasteiger charge is 2.22. The summed E-state index contributed by atoms with van der Waals surface area (Å²) in [4.78, 5) is 4.90. The molecular formula is C10H23N3. The molecule has 1 aliphatic rings. The van der Waals surface area contributed by atoms with Crippen molar-refractivity contribution >= 4 is 0 Å². The van der Waals surface area contributed by atoms with Crippen LogP contribution < -0.4 is 5.73 Å². The van der Waals surface area contributed by atoms with Crippen LogP contribution in [-0.2, 0) is 0 Å². The third-order valence-corrected chi connectivity index (χ3v) is 2.96. The highest BCUT2D eigenvalue weighted by Crippen LogP contribution is 2.08. The Balaban J connectivity index is 2.33. The van der Waals surface area contributed by atoms with E-state index in [1.165, 1.54) is 19.6 Å². The van der Waals surface area contributed by atoms with Crippen LogP contribution in [0.4, 0.5) is 0 Å². The predicted molar refractivity (Wildman–Crippen MR) is 56.8 cm³/mol. The zero-order valence-electron chi connectivity index (χ0n) is 9.16. The minimum absolute atomic E-state index is 0.353. The van der Waals surface area contributed by atoms with Crippen molar-refractivity contribution in [1.29, 1.82) is 0 Å². The van der Waals surface area contributed by atoms with Gasteiger partial charge in [0, 0.05) is 38.3 Å². The molecule has 1 saturated heterocycles. The van der Waals surface area contributed by atoms with Gasteiger partial charge in [0.15, 0.2) is 0 Å². The summed E-state index contributed by atoms with van der Waals surface area (Å²) in [7, 11) is 2.19. The number of piperazine rings is 1. The zero-order valence-corrected chi connectivity index (χ0v) is 9.16. The highest BCUT2D eigenvalue weighted by atomic mass is 15.3. The maximum absolute atomic E-state index is 5.95. The normalized spacial score (nSPS) is 29.1. The van der Waals surface area contributed by atoms with Gasteiger partial charge >= 0.3 is 0 Å². The first-order valence-electron chi connectivity index (χ1n) is 5.31. The molecule has 2 N–H and O–H groups in total. The molecular weight excluding hydrogens is 162 g/mol. The molecule has 2 unspecified atom stereocenters. The molecule has 0 aromatic carbocycles.